The monoisotopic (exact) mass is 417 g/mol. The summed E-state index contributed by atoms with van der Waals surface area (Å²) in [5, 5.41) is 0.739. The first-order chi connectivity index (χ1) is 14.6. The van der Waals surface area contributed by atoms with Crippen molar-refractivity contribution in [3.63, 3.8) is 0 Å². The van der Waals surface area contributed by atoms with Gasteiger partial charge in [-0.05, 0) is 42.9 Å². The number of halogens is 1. The van der Waals surface area contributed by atoms with E-state index in [2.05, 4.69) is 58.8 Å². The second-order valence-electron chi connectivity index (χ2n) is 7.90. The second kappa shape index (κ2) is 7.74. The van der Waals surface area contributed by atoms with Crippen LogP contribution in [-0.2, 0) is 7.05 Å². The van der Waals surface area contributed by atoms with E-state index in [0.717, 1.165) is 70.6 Å². The Kier molecular flexibility index (Phi) is 4.93. The topological polar surface area (TPSA) is 37.2 Å². The van der Waals surface area contributed by atoms with Crippen LogP contribution in [0.5, 0.6) is 0 Å². The van der Waals surface area contributed by atoms with Gasteiger partial charge in [-0.2, -0.15) is 0 Å². The molecular formula is C24H24ClN5. The number of hydrogen-bond donors (Lipinski definition) is 0. The van der Waals surface area contributed by atoms with E-state index in [4.69, 9.17) is 21.6 Å². The number of rotatable bonds is 3. The van der Waals surface area contributed by atoms with Gasteiger partial charge in [0.05, 0.1) is 16.7 Å². The molecule has 152 valence electrons. The molecule has 0 radical (unpaired) electrons. The van der Waals surface area contributed by atoms with Gasteiger partial charge in [0.2, 0.25) is 5.95 Å². The Bertz CT molecular complexity index is 1170. The van der Waals surface area contributed by atoms with Crippen molar-refractivity contribution in [3.8, 4) is 22.4 Å². The zero-order chi connectivity index (χ0) is 20.7. The number of aromatic nitrogens is 3. The van der Waals surface area contributed by atoms with E-state index >= 15 is 0 Å². The lowest BCUT2D eigenvalue weighted by Crippen LogP contribution is -2.45. The molecule has 30 heavy (non-hydrogen) atoms. The van der Waals surface area contributed by atoms with Gasteiger partial charge in [-0.15, -0.1) is 0 Å². The number of anilines is 1. The first-order valence-corrected chi connectivity index (χ1v) is 10.6. The molecular weight excluding hydrogens is 394 g/mol. The van der Waals surface area contributed by atoms with Crippen LogP contribution in [0.2, 0.25) is 5.02 Å². The molecule has 0 atom stereocenters. The molecule has 6 heteroatoms. The molecule has 5 rings (SSSR count). The third-order valence-electron chi connectivity index (χ3n) is 5.88. The lowest BCUT2D eigenvalue weighted by Gasteiger charge is -2.32. The van der Waals surface area contributed by atoms with E-state index in [0.29, 0.717) is 0 Å². The minimum atomic E-state index is 0.739. The second-order valence-corrected chi connectivity index (χ2v) is 8.34. The van der Waals surface area contributed by atoms with Gasteiger partial charge in [-0.3, -0.25) is 4.98 Å². The Morgan fingerprint density at radius 2 is 1.50 bits per heavy atom. The molecule has 1 aliphatic heterocycles. The molecule has 0 aliphatic carbocycles. The fourth-order valence-electron chi connectivity index (χ4n) is 4.01. The average Bonchev–Trinajstić information content (AvgIpc) is 3.11. The molecule has 0 unspecified atom stereocenters. The normalized spacial score (nSPS) is 15.1. The van der Waals surface area contributed by atoms with Crippen molar-refractivity contribution in [1.82, 2.24) is 19.4 Å². The Morgan fingerprint density at radius 3 is 2.20 bits per heavy atom. The minimum absolute atomic E-state index is 0.739. The van der Waals surface area contributed by atoms with Gasteiger partial charge in [0.1, 0.15) is 0 Å². The molecule has 1 fully saturated rings. The van der Waals surface area contributed by atoms with E-state index in [9.17, 15) is 0 Å². The molecule has 0 saturated carbocycles. The summed E-state index contributed by atoms with van der Waals surface area (Å²) < 4.78 is 2.20. The van der Waals surface area contributed by atoms with E-state index < -0.39 is 0 Å². The number of likely N-dealkylation sites (N-methyl/N-ethyl adjacent to an activating group) is 1. The maximum atomic E-state index is 5.99. The first kappa shape index (κ1) is 19.1. The number of benzene rings is 2. The molecule has 3 heterocycles. The fraction of sp³-hybridized carbons (Fsp3) is 0.250. The summed E-state index contributed by atoms with van der Waals surface area (Å²) in [6, 6.07) is 18.4. The Morgan fingerprint density at radius 1 is 0.800 bits per heavy atom. The molecule has 1 aliphatic rings. The van der Waals surface area contributed by atoms with Crippen molar-refractivity contribution in [2.75, 3.05) is 38.1 Å². The standard InChI is InChI=1S/C24H24ClN5/c1-28-11-13-30(14-12-28)24-27-22-15-18(6-10-23(22)29(24)2)21-9-5-19(16-26-21)17-3-7-20(25)8-4-17/h3-10,15-16H,11-14H2,1-2H3. The predicted octanol–water partition coefficient (Wildman–Crippen LogP) is 4.71. The number of nitrogens with zero attached hydrogens (tertiary/aromatic N) is 5. The maximum absolute atomic E-state index is 5.99. The lowest BCUT2D eigenvalue weighted by molar-refractivity contribution is 0.310. The van der Waals surface area contributed by atoms with Crippen LogP contribution >= 0.6 is 11.6 Å². The van der Waals surface area contributed by atoms with Gasteiger partial charge >= 0.3 is 0 Å². The Hall–Kier alpha value is -2.89. The molecule has 0 spiro atoms. The number of imidazole rings is 1. The van der Waals surface area contributed by atoms with Gasteiger partial charge < -0.3 is 14.4 Å². The largest absolute Gasteiger partial charge is 0.340 e. The highest BCUT2D eigenvalue weighted by Crippen LogP contribution is 2.28. The van der Waals surface area contributed by atoms with Crippen LogP contribution in [0, 0.1) is 0 Å². The van der Waals surface area contributed by atoms with Crippen molar-refractivity contribution in [2.45, 2.75) is 0 Å². The molecule has 1 saturated heterocycles. The van der Waals surface area contributed by atoms with Crippen molar-refractivity contribution in [3.05, 3.63) is 65.8 Å². The number of piperazine rings is 1. The zero-order valence-corrected chi connectivity index (χ0v) is 18.0. The van der Waals surface area contributed by atoms with Crippen LogP contribution < -0.4 is 4.90 Å². The van der Waals surface area contributed by atoms with Crippen LogP contribution in [0.25, 0.3) is 33.4 Å². The lowest BCUT2D eigenvalue weighted by atomic mass is 10.1. The molecule has 4 aromatic rings. The van der Waals surface area contributed by atoms with Crippen molar-refractivity contribution >= 4 is 28.6 Å². The summed E-state index contributed by atoms with van der Waals surface area (Å²) in [6.07, 6.45) is 1.91. The highest BCUT2D eigenvalue weighted by Gasteiger charge is 2.19. The quantitative estimate of drug-likeness (QED) is 0.484. The van der Waals surface area contributed by atoms with Gasteiger partial charge in [-0.1, -0.05) is 35.9 Å². The summed E-state index contributed by atoms with van der Waals surface area (Å²) >= 11 is 5.99. The Labute approximate surface area is 181 Å². The minimum Gasteiger partial charge on any atom is -0.340 e. The fourth-order valence-corrected chi connectivity index (χ4v) is 4.14. The third kappa shape index (κ3) is 3.55. The molecule has 2 aromatic heterocycles. The summed E-state index contributed by atoms with van der Waals surface area (Å²) in [5.74, 6) is 1.04. The van der Waals surface area contributed by atoms with Crippen molar-refractivity contribution < 1.29 is 0 Å². The van der Waals surface area contributed by atoms with E-state index in [1.165, 1.54) is 0 Å². The van der Waals surface area contributed by atoms with Crippen LogP contribution in [0.3, 0.4) is 0 Å². The molecule has 5 nitrogen and oxygen atoms in total. The van der Waals surface area contributed by atoms with Gasteiger partial charge in [0.15, 0.2) is 0 Å². The summed E-state index contributed by atoms with van der Waals surface area (Å²) in [6.45, 7) is 4.15. The van der Waals surface area contributed by atoms with Crippen LogP contribution in [0.15, 0.2) is 60.8 Å². The highest BCUT2D eigenvalue weighted by atomic mass is 35.5. The number of fused-ring (bicyclic) bond motifs is 1. The summed E-state index contributed by atoms with van der Waals surface area (Å²) in [5.41, 5.74) is 6.36. The predicted molar refractivity (Wildman–Crippen MR) is 124 cm³/mol. The zero-order valence-electron chi connectivity index (χ0n) is 17.2. The van der Waals surface area contributed by atoms with Crippen LogP contribution in [0.4, 0.5) is 5.95 Å². The molecule has 0 bridgehead atoms. The highest BCUT2D eigenvalue weighted by molar-refractivity contribution is 6.30. The summed E-state index contributed by atoms with van der Waals surface area (Å²) in [4.78, 5) is 14.4. The number of aryl methyl sites for hydroxylation is 1. The average molecular weight is 418 g/mol. The van der Waals surface area contributed by atoms with E-state index in [1.54, 1.807) is 0 Å². The number of pyridine rings is 1. The van der Waals surface area contributed by atoms with Crippen molar-refractivity contribution in [1.29, 1.82) is 0 Å². The molecule has 0 N–H and O–H groups in total. The molecule has 0 amide bonds. The van der Waals surface area contributed by atoms with E-state index in [-0.39, 0.29) is 0 Å². The third-order valence-corrected chi connectivity index (χ3v) is 6.13. The molecule has 2 aromatic carbocycles. The SMILES string of the molecule is CN1CCN(c2nc3cc(-c4ccc(-c5ccc(Cl)cc5)cn4)ccc3n2C)CC1. The Balaban J connectivity index is 1.44. The van der Waals surface area contributed by atoms with Crippen LogP contribution in [0.1, 0.15) is 0 Å². The smallest absolute Gasteiger partial charge is 0.206 e. The van der Waals surface area contributed by atoms with Crippen LogP contribution in [-0.4, -0.2) is 52.7 Å². The van der Waals surface area contributed by atoms with Gasteiger partial charge in [-0.25, -0.2) is 4.98 Å². The van der Waals surface area contributed by atoms with Gasteiger partial charge in [0, 0.05) is 55.6 Å². The maximum Gasteiger partial charge on any atom is 0.206 e. The first-order valence-electron chi connectivity index (χ1n) is 10.2. The van der Waals surface area contributed by atoms with E-state index in [1.807, 2.05) is 30.5 Å². The summed E-state index contributed by atoms with van der Waals surface area (Å²) in [7, 11) is 4.27. The van der Waals surface area contributed by atoms with Crippen molar-refractivity contribution in [2.24, 2.45) is 7.05 Å². The van der Waals surface area contributed by atoms with Gasteiger partial charge in [0.25, 0.3) is 0 Å². The number of hydrogen-bond acceptors (Lipinski definition) is 4.